The predicted molar refractivity (Wildman–Crippen MR) is 76.5 cm³/mol. The average molecular weight is 267 g/mol. The Balaban J connectivity index is 2.42. The Morgan fingerprint density at radius 1 is 1.42 bits per heavy atom. The second-order valence-electron chi connectivity index (χ2n) is 4.88. The molecule has 19 heavy (non-hydrogen) atoms. The highest BCUT2D eigenvalue weighted by Crippen LogP contribution is 2.12. The van der Waals surface area contributed by atoms with E-state index in [2.05, 4.69) is 22.2 Å². The maximum absolute atomic E-state index is 8.94. The van der Waals surface area contributed by atoms with E-state index in [9.17, 15) is 0 Å². The van der Waals surface area contributed by atoms with Gasteiger partial charge < -0.3 is 15.2 Å². The molecule has 0 aromatic carbocycles. The van der Waals surface area contributed by atoms with Gasteiger partial charge in [0.05, 0.1) is 6.61 Å². The summed E-state index contributed by atoms with van der Waals surface area (Å²) in [4.78, 5) is 8.64. The van der Waals surface area contributed by atoms with Crippen LogP contribution in [0.2, 0.25) is 0 Å². The van der Waals surface area contributed by atoms with Crippen molar-refractivity contribution in [3.8, 4) is 5.88 Å². The highest BCUT2D eigenvalue weighted by Gasteiger charge is 2.03. The van der Waals surface area contributed by atoms with E-state index in [1.807, 2.05) is 19.9 Å². The van der Waals surface area contributed by atoms with Gasteiger partial charge in [-0.3, -0.25) is 0 Å². The lowest BCUT2D eigenvalue weighted by Crippen LogP contribution is -2.10. The topological polar surface area (TPSA) is 67.3 Å². The highest BCUT2D eigenvalue weighted by molar-refractivity contribution is 5.30. The van der Waals surface area contributed by atoms with E-state index in [1.54, 1.807) is 0 Å². The van der Waals surface area contributed by atoms with Gasteiger partial charge >= 0.3 is 0 Å². The normalized spacial score (nSPS) is 12.2. The van der Waals surface area contributed by atoms with Crippen LogP contribution in [0.25, 0.3) is 0 Å². The second kappa shape index (κ2) is 8.69. The monoisotopic (exact) mass is 267 g/mol. The molecule has 1 unspecified atom stereocenters. The van der Waals surface area contributed by atoms with Crippen LogP contribution in [0.4, 0.5) is 5.95 Å². The van der Waals surface area contributed by atoms with Crippen LogP contribution in [-0.2, 0) is 0 Å². The summed E-state index contributed by atoms with van der Waals surface area (Å²) in [6, 6.07) is 1.84. The van der Waals surface area contributed by atoms with E-state index in [0.29, 0.717) is 24.4 Å². The van der Waals surface area contributed by atoms with Crippen LogP contribution in [0.3, 0.4) is 0 Å². The molecule has 0 saturated carbocycles. The molecule has 0 spiro atoms. The first-order valence-corrected chi connectivity index (χ1v) is 6.99. The number of nitrogens with one attached hydrogen (secondary N) is 1. The zero-order valence-corrected chi connectivity index (χ0v) is 12.1. The Bertz CT molecular complexity index is 372. The lowest BCUT2D eigenvalue weighted by atomic mass is 10.1. The third-order valence-corrected chi connectivity index (χ3v) is 2.75. The number of aliphatic hydroxyl groups is 1. The third-order valence-electron chi connectivity index (χ3n) is 2.75. The maximum Gasteiger partial charge on any atom is 0.226 e. The summed E-state index contributed by atoms with van der Waals surface area (Å²) in [5, 5.41) is 12.1. The number of nitrogens with zero attached hydrogens (tertiary/aromatic N) is 2. The van der Waals surface area contributed by atoms with Gasteiger partial charge in [0.25, 0.3) is 0 Å². The molecule has 1 atom stereocenters. The fourth-order valence-electron chi connectivity index (χ4n) is 1.64. The lowest BCUT2D eigenvalue weighted by molar-refractivity contribution is 0.229. The molecule has 1 rings (SSSR count). The number of rotatable bonds is 9. The Morgan fingerprint density at radius 3 is 2.89 bits per heavy atom. The number of anilines is 1. The van der Waals surface area contributed by atoms with Gasteiger partial charge in [0.1, 0.15) is 0 Å². The number of aromatic nitrogens is 2. The molecule has 108 valence electrons. The van der Waals surface area contributed by atoms with Crippen LogP contribution in [0.15, 0.2) is 6.07 Å². The molecule has 1 heterocycles. The van der Waals surface area contributed by atoms with Crippen LogP contribution in [-0.4, -0.2) is 34.8 Å². The minimum Gasteiger partial charge on any atom is -0.478 e. The number of aliphatic hydroxyl groups excluding tert-OH is 1. The molecule has 5 nitrogen and oxygen atoms in total. The van der Waals surface area contributed by atoms with E-state index in [-0.39, 0.29) is 6.61 Å². The molecule has 1 aromatic heterocycles. The Morgan fingerprint density at radius 2 is 2.21 bits per heavy atom. The first kappa shape index (κ1) is 15.7. The van der Waals surface area contributed by atoms with Crippen LogP contribution in [0.5, 0.6) is 5.88 Å². The van der Waals surface area contributed by atoms with Crippen molar-refractivity contribution in [2.45, 2.75) is 40.0 Å². The van der Waals surface area contributed by atoms with Crippen molar-refractivity contribution in [1.82, 2.24) is 9.97 Å². The minimum absolute atomic E-state index is 0.246. The molecular weight excluding hydrogens is 242 g/mol. The number of aryl methyl sites for hydroxylation is 1. The standard InChI is InChI=1S/C14H25N3O2/c1-4-8-19-13-9-12(3)16-14(17-13)15-7-5-6-11(2)10-18/h9,11,18H,4-8,10H2,1-3H3,(H,15,16,17). The van der Waals surface area contributed by atoms with Gasteiger partial charge in [-0.1, -0.05) is 13.8 Å². The molecule has 0 saturated heterocycles. The van der Waals surface area contributed by atoms with Gasteiger partial charge in [0.15, 0.2) is 0 Å². The van der Waals surface area contributed by atoms with Gasteiger partial charge in [0, 0.05) is 24.9 Å². The van der Waals surface area contributed by atoms with E-state index in [0.717, 1.165) is 31.5 Å². The van der Waals surface area contributed by atoms with Crippen molar-refractivity contribution in [1.29, 1.82) is 0 Å². The largest absolute Gasteiger partial charge is 0.478 e. The minimum atomic E-state index is 0.246. The second-order valence-corrected chi connectivity index (χ2v) is 4.88. The first-order chi connectivity index (χ1) is 9.15. The van der Waals surface area contributed by atoms with Crippen LogP contribution >= 0.6 is 0 Å². The van der Waals surface area contributed by atoms with Crippen molar-refractivity contribution in [2.75, 3.05) is 25.1 Å². The third kappa shape index (κ3) is 6.38. The molecule has 1 aromatic rings. The Hall–Kier alpha value is -1.36. The van der Waals surface area contributed by atoms with Gasteiger partial charge in [-0.05, 0) is 32.1 Å². The quantitative estimate of drug-likeness (QED) is 0.672. The molecule has 0 radical (unpaired) electrons. The number of hydrogen-bond acceptors (Lipinski definition) is 5. The van der Waals surface area contributed by atoms with Gasteiger partial charge in [-0.25, -0.2) is 4.98 Å². The van der Waals surface area contributed by atoms with Gasteiger partial charge in [-0.2, -0.15) is 4.98 Å². The number of ether oxygens (including phenoxy) is 1. The van der Waals surface area contributed by atoms with Gasteiger partial charge in [-0.15, -0.1) is 0 Å². The molecule has 0 aliphatic rings. The predicted octanol–water partition coefficient (Wildman–Crippen LogP) is 2.39. The fourth-order valence-corrected chi connectivity index (χ4v) is 1.64. The smallest absolute Gasteiger partial charge is 0.226 e. The Labute approximate surface area is 115 Å². The maximum atomic E-state index is 8.94. The lowest BCUT2D eigenvalue weighted by Gasteiger charge is -2.10. The van der Waals surface area contributed by atoms with Crippen molar-refractivity contribution < 1.29 is 9.84 Å². The van der Waals surface area contributed by atoms with Crippen LogP contribution < -0.4 is 10.1 Å². The van der Waals surface area contributed by atoms with Crippen molar-refractivity contribution >= 4 is 5.95 Å². The molecule has 0 amide bonds. The molecule has 0 fully saturated rings. The zero-order chi connectivity index (χ0) is 14.1. The number of hydrogen-bond donors (Lipinski definition) is 2. The van der Waals surface area contributed by atoms with Crippen molar-refractivity contribution in [2.24, 2.45) is 5.92 Å². The van der Waals surface area contributed by atoms with Crippen molar-refractivity contribution in [3.05, 3.63) is 11.8 Å². The van der Waals surface area contributed by atoms with E-state index < -0.39 is 0 Å². The van der Waals surface area contributed by atoms with E-state index in [4.69, 9.17) is 9.84 Å². The summed E-state index contributed by atoms with van der Waals surface area (Å²) >= 11 is 0. The summed E-state index contributed by atoms with van der Waals surface area (Å²) in [5.74, 6) is 1.59. The van der Waals surface area contributed by atoms with Crippen molar-refractivity contribution in [3.63, 3.8) is 0 Å². The molecule has 0 bridgehead atoms. The summed E-state index contributed by atoms with van der Waals surface area (Å²) in [6.07, 6.45) is 2.95. The molecule has 2 N–H and O–H groups in total. The fraction of sp³-hybridized carbons (Fsp3) is 0.714. The van der Waals surface area contributed by atoms with E-state index >= 15 is 0 Å². The zero-order valence-electron chi connectivity index (χ0n) is 12.1. The summed E-state index contributed by atoms with van der Waals surface area (Å²) in [6.45, 7) is 7.76. The van der Waals surface area contributed by atoms with Crippen LogP contribution in [0.1, 0.15) is 38.8 Å². The highest BCUT2D eigenvalue weighted by atomic mass is 16.5. The summed E-state index contributed by atoms with van der Waals surface area (Å²) < 4.78 is 5.51. The molecule has 0 aliphatic heterocycles. The summed E-state index contributed by atoms with van der Waals surface area (Å²) in [5.41, 5.74) is 0.896. The Kier molecular flexibility index (Phi) is 7.18. The summed E-state index contributed by atoms with van der Waals surface area (Å²) in [7, 11) is 0. The SMILES string of the molecule is CCCOc1cc(C)nc(NCCCC(C)CO)n1. The first-order valence-electron chi connectivity index (χ1n) is 6.99. The van der Waals surface area contributed by atoms with Crippen LogP contribution in [0, 0.1) is 12.8 Å². The van der Waals surface area contributed by atoms with E-state index in [1.165, 1.54) is 0 Å². The van der Waals surface area contributed by atoms with Gasteiger partial charge in [0.2, 0.25) is 11.8 Å². The molecular formula is C14H25N3O2. The average Bonchev–Trinajstić information content (AvgIpc) is 2.40. The molecule has 5 heteroatoms. The molecule has 0 aliphatic carbocycles.